The van der Waals surface area contributed by atoms with E-state index < -0.39 is 19.5 Å². The third kappa shape index (κ3) is 6.24. The highest BCUT2D eigenvalue weighted by Crippen LogP contribution is 2.45. The average molecular weight is 386 g/mol. The summed E-state index contributed by atoms with van der Waals surface area (Å²) >= 11 is 0. The topological polar surface area (TPSA) is 88.1 Å². The lowest BCUT2D eigenvalue weighted by molar-refractivity contribution is 0.0498. The average Bonchev–Trinajstić information content (AvgIpc) is 2.67. The van der Waals surface area contributed by atoms with Crippen molar-refractivity contribution in [3.8, 4) is 0 Å². The van der Waals surface area contributed by atoms with Crippen molar-refractivity contribution < 1.29 is 32.7 Å². The van der Waals surface area contributed by atoms with E-state index >= 15 is 0 Å². The van der Waals surface area contributed by atoms with Gasteiger partial charge in [-0.25, -0.2) is 9.59 Å². The minimum atomic E-state index is -3.65. The van der Waals surface area contributed by atoms with E-state index in [1.807, 2.05) is 13.8 Å². The summed E-state index contributed by atoms with van der Waals surface area (Å²) in [6.45, 7) is 4.49. The van der Waals surface area contributed by atoms with E-state index in [1.165, 1.54) is 32.4 Å². The van der Waals surface area contributed by atoms with Crippen LogP contribution in [0.3, 0.4) is 0 Å². The van der Waals surface area contributed by atoms with Crippen molar-refractivity contribution in [3.05, 3.63) is 29.3 Å². The van der Waals surface area contributed by atoms with Crippen LogP contribution in [0.25, 0.3) is 0 Å². The van der Waals surface area contributed by atoms with E-state index in [9.17, 15) is 14.2 Å². The van der Waals surface area contributed by atoms with Crippen LogP contribution in [-0.4, -0.2) is 39.4 Å². The maximum absolute atomic E-state index is 12.7. The highest BCUT2D eigenvalue weighted by molar-refractivity contribution is 7.62. The van der Waals surface area contributed by atoms with Gasteiger partial charge in [-0.15, -0.1) is 0 Å². The predicted molar refractivity (Wildman–Crippen MR) is 98.1 cm³/mol. The Bertz CT molecular complexity index is 609. The molecule has 0 unspecified atom stereocenters. The van der Waals surface area contributed by atoms with Crippen LogP contribution in [0.2, 0.25) is 0 Å². The molecular weight excluding hydrogens is 359 g/mol. The second kappa shape index (κ2) is 11.1. The second-order valence-electron chi connectivity index (χ2n) is 5.61. The highest BCUT2D eigenvalue weighted by Gasteiger charge is 2.28. The SMILES string of the molecule is CCCCOC(=O)c1cc(C(=O)OCCCC)cc(P(=O)(OC)OC)c1. The monoisotopic (exact) mass is 386 g/mol. The molecule has 7 nitrogen and oxygen atoms in total. The Morgan fingerprint density at radius 1 is 0.846 bits per heavy atom. The maximum atomic E-state index is 12.7. The summed E-state index contributed by atoms with van der Waals surface area (Å²) in [5, 5.41) is 0.0925. The maximum Gasteiger partial charge on any atom is 0.360 e. The fourth-order valence-corrected chi connectivity index (χ4v) is 3.24. The molecule has 0 heterocycles. The number of esters is 2. The Kier molecular flexibility index (Phi) is 9.55. The summed E-state index contributed by atoms with van der Waals surface area (Å²) in [4.78, 5) is 24.5. The smallest absolute Gasteiger partial charge is 0.360 e. The second-order valence-corrected chi connectivity index (χ2v) is 7.85. The van der Waals surface area contributed by atoms with Crippen LogP contribution in [0.5, 0.6) is 0 Å². The van der Waals surface area contributed by atoms with Crippen LogP contribution in [0.4, 0.5) is 0 Å². The third-order valence-electron chi connectivity index (χ3n) is 3.65. The van der Waals surface area contributed by atoms with Gasteiger partial charge in [0.25, 0.3) is 0 Å². The first-order chi connectivity index (χ1) is 12.4. The number of hydrogen-bond donors (Lipinski definition) is 0. The van der Waals surface area contributed by atoms with E-state index in [2.05, 4.69) is 0 Å². The quantitative estimate of drug-likeness (QED) is 0.325. The summed E-state index contributed by atoms with van der Waals surface area (Å²) in [6.07, 6.45) is 3.22. The fourth-order valence-electron chi connectivity index (χ4n) is 2.08. The number of hydrogen-bond acceptors (Lipinski definition) is 7. The van der Waals surface area contributed by atoms with Gasteiger partial charge in [-0.3, -0.25) is 4.57 Å². The van der Waals surface area contributed by atoms with Crippen LogP contribution in [0.1, 0.15) is 60.2 Å². The van der Waals surface area contributed by atoms with Crippen LogP contribution in [-0.2, 0) is 23.1 Å². The largest absolute Gasteiger partial charge is 0.462 e. The van der Waals surface area contributed by atoms with Crippen LogP contribution in [0, 0.1) is 0 Å². The molecule has 0 aromatic heterocycles. The van der Waals surface area contributed by atoms with Crippen molar-refractivity contribution in [2.45, 2.75) is 39.5 Å². The van der Waals surface area contributed by atoms with Gasteiger partial charge in [-0.1, -0.05) is 26.7 Å². The van der Waals surface area contributed by atoms with Gasteiger partial charge in [0.15, 0.2) is 0 Å². The molecule has 0 saturated carbocycles. The lowest BCUT2D eigenvalue weighted by atomic mass is 10.1. The predicted octanol–water partition coefficient (Wildman–Crippen LogP) is 3.71. The lowest BCUT2D eigenvalue weighted by Crippen LogP contribution is -2.17. The molecule has 0 N–H and O–H groups in total. The summed E-state index contributed by atoms with van der Waals surface area (Å²) in [7, 11) is -1.18. The molecular formula is C18H27O7P. The fraction of sp³-hybridized carbons (Fsp3) is 0.556. The molecule has 0 fully saturated rings. The van der Waals surface area contributed by atoms with Gasteiger partial charge < -0.3 is 18.5 Å². The van der Waals surface area contributed by atoms with Gasteiger partial charge in [-0.2, -0.15) is 0 Å². The molecule has 0 atom stereocenters. The van der Waals surface area contributed by atoms with Crippen molar-refractivity contribution in [2.24, 2.45) is 0 Å². The van der Waals surface area contributed by atoms with Gasteiger partial charge in [0.05, 0.1) is 29.6 Å². The molecule has 0 saturated heterocycles. The molecule has 146 valence electrons. The van der Waals surface area contributed by atoms with Gasteiger partial charge in [0.2, 0.25) is 0 Å². The number of unbranched alkanes of at least 4 members (excludes halogenated alkanes) is 2. The van der Waals surface area contributed by atoms with E-state index in [0.717, 1.165) is 25.7 Å². The Balaban J connectivity index is 3.20. The number of carbonyl (C=O) groups excluding carboxylic acids is 2. The van der Waals surface area contributed by atoms with Gasteiger partial charge in [0.1, 0.15) is 0 Å². The molecule has 8 heteroatoms. The summed E-state index contributed by atoms with van der Waals surface area (Å²) in [6, 6.07) is 4.07. The Labute approximate surface area is 154 Å². The molecule has 0 aliphatic rings. The number of benzene rings is 1. The third-order valence-corrected chi connectivity index (χ3v) is 5.50. The van der Waals surface area contributed by atoms with Crippen LogP contribution in [0.15, 0.2) is 18.2 Å². The molecule has 26 heavy (non-hydrogen) atoms. The molecule has 0 amide bonds. The molecule has 0 aliphatic carbocycles. The first-order valence-electron chi connectivity index (χ1n) is 8.63. The Morgan fingerprint density at radius 2 is 1.27 bits per heavy atom. The van der Waals surface area contributed by atoms with Crippen molar-refractivity contribution in [2.75, 3.05) is 27.4 Å². The number of carbonyl (C=O) groups is 2. The van der Waals surface area contributed by atoms with Crippen molar-refractivity contribution in [3.63, 3.8) is 0 Å². The summed E-state index contributed by atoms with van der Waals surface area (Å²) in [5.41, 5.74) is 0.186. The molecule has 1 aromatic rings. The summed E-state index contributed by atoms with van der Waals surface area (Å²) in [5.74, 6) is -1.22. The van der Waals surface area contributed by atoms with Crippen LogP contribution < -0.4 is 5.30 Å². The molecule has 0 spiro atoms. The zero-order chi connectivity index (χ0) is 19.6. The zero-order valence-electron chi connectivity index (χ0n) is 15.8. The van der Waals surface area contributed by atoms with Crippen LogP contribution >= 0.6 is 7.60 Å². The molecule has 0 bridgehead atoms. The lowest BCUT2D eigenvalue weighted by Gasteiger charge is -2.16. The number of rotatable bonds is 11. The van der Waals surface area contributed by atoms with Gasteiger partial charge >= 0.3 is 19.5 Å². The molecule has 0 radical (unpaired) electrons. The van der Waals surface area contributed by atoms with E-state index in [0.29, 0.717) is 0 Å². The normalized spacial score (nSPS) is 11.2. The Hall–Kier alpha value is -1.69. The van der Waals surface area contributed by atoms with E-state index in [4.69, 9.17) is 18.5 Å². The molecule has 0 aliphatic heterocycles. The molecule has 1 rings (SSSR count). The van der Waals surface area contributed by atoms with Gasteiger partial charge in [0, 0.05) is 14.2 Å². The van der Waals surface area contributed by atoms with Crippen molar-refractivity contribution in [1.29, 1.82) is 0 Å². The number of ether oxygens (including phenoxy) is 2. The minimum Gasteiger partial charge on any atom is -0.462 e. The van der Waals surface area contributed by atoms with E-state index in [-0.39, 0.29) is 29.6 Å². The standard InChI is InChI=1S/C18H27O7P/c1-5-7-9-24-17(19)14-11-15(18(20)25-10-8-6-2)13-16(12-14)26(21,22-3)23-4/h11-13H,5-10H2,1-4H3. The summed E-state index contributed by atoms with van der Waals surface area (Å²) < 4.78 is 33.0. The zero-order valence-corrected chi connectivity index (χ0v) is 16.7. The first-order valence-corrected chi connectivity index (χ1v) is 10.2. The van der Waals surface area contributed by atoms with E-state index in [1.54, 1.807) is 0 Å². The van der Waals surface area contributed by atoms with Crippen molar-refractivity contribution in [1.82, 2.24) is 0 Å². The van der Waals surface area contributed by atoms with Crippen molar-refractivity contribution >= 4 is 24.8 Å². The first kappa shape index (κ1) is 22.4. The minimum absolute atomic E-state index is 0.0925. The highest BCUT2D eigenvalue weighted by atomic mass is 31.2. The molecule has 1 aromatic carbocycles. The Morgan fingerprint density at radius 3 is 1.62 bits per heavy atom. The van der Waals surface area contributed by atoms with Gasteiger partial charge in [-0.05, 0) is 31.0 Å².